The lowest BCUT2D eigenvalue weighted by atomic mass is 10.1. The molecule has 25 heavy (non-hydrogen) atoms. The van der Waals surface area contributed by atoms with E-state index in [1.807, 2.05) is 18.2 Å². The molecule has 1 heterocycles. The lowest BCUT2D eigenvalue weighted by molar-refractivity contribution is 0.0957. The lowest BCUT2D eigenvalue weighted by Crippen LogP contribution is -2.23. The Morgan fingerprint density at radius 1 is 1.20 bits per heavy atom. The molecule has 132 valence electrons. The average Bonchev–Trinajstić information content (AvgIpc) is 2.66. The van der Waals surface area contributed by atoms with Gasteiger partial charge in [0, 0.05) is 19.3 Å². The summed E-state index contributed by atoms with van der Waals surface area (Å²) in [6, 6.07) is 9.38. The van der Waals surface area contributed by atoms with E-state index in [-0.39, 0.29) is 5.91 Å². The van der Waals surface area contributed by atoms with Crippen LogP contribution in [0.25, 0.3) is 0 Å². The van der Waals surface area contributed by atoms with Crippen LogP contribution in [0, 0.1) is 0 Å². The number of carbonyl (C=O) groups is 1. The molecular weight excluding hydrogens is 318 g/mol. The summed E-state index contributed by atoms with van der Waals surface area (Å²) in [4.78, 5) is 16.0. The number of nitrogens with one attached hydrogen (secondary N) is 2. The summed E-state index contributed by atoms with van der Waals surface area (Å²) >= 11 is 0. The minimum Gasteiger partial charge on any atom is -0.493 e. The van der Waals surface area contributed by atoms with Gasteiger partial charge in [0.1, 0.15) is 5.82 Å². The predicted octanol–water partition coefficient (Wildman–Crippen LogP) is 2.67. The highest BCUT2D eigenvalue weighted by Gasteiger charge is 2.06. The van der Waals surface area contributed by atoms with Crippen LogP contribution in [0.1, 0.15) is 15.9 Å². The summed E-state index contributed by atoms with van der Waals surface area (Å²) in [5.74, 6) is 1.99. The van der Waals surface area contributed by atoms with Crippen molar-refractivity contribution in [2.24, 2.45) is 0 Å². The van der Waals surface area contributed by atoms with Gasteiger partial charge in [-0.1, -0.05) is 12.1 Å². The number of benzene rings is 1. The Bertz CT molecular complexity index is 714. The molecular formula is C19H23N3O3. The summed E-state index contributed by atoms with van der Waals surface area (Å²) in [7, 11) is 3.24. The zero-order valence-corrected chi connectivity index (χ0v) is 14.5. The summed E-state index contributed by atoms with van der Waals surface area (Å²) < 4.78 is 10.5. The number of amides is 1. The quantitative estimate of drug-likeness (QED) is 0.686. The largest absolute Gasteiger partial charge is 0.493 e. The van der Waals surface area contributed by atoms with Gasteiger partial charge in [-0.25, -0.2) is 4.98 Å². The molecule has 0 atom stereocenters. The van der Waals surface area contributed by atoms with E-state index in [0.717, 1.165) is 17.8 Å². The van der Waals surface area contributed by atoms with Gasteiger partial charge in [0.2, 0.25) is 0 Å². The minimum absolute atomic E-state index is 0.163. The van der Waals surface area contributed by atoms with Crippen molar-refractivity contribution in [3.05, 3.63) is 60.3 Å². The summed E-state index contributed by atoms with van der Waals surface area (Å²) in [6.45, 7) is 4.71. The van der Waals surface area contributed by atoms with Gasteiger partial charge in [-0.15, -0.1) is 6.58 Å². The van der Waals surface area contributed by atoms with Crippen LogP contribution in [-0.4, -0.2) is 38.2 Å². The Balaban J connectivity index is 1.87. The monoisotopic (exact) mass is 341 g/mol. The van der Waals surface area contributed by atoms with Gasteiger partial charge in [0.25, 0.3) is 5.91 Å². The van der Waals surface area contributed by atoms with Gasteiger partial charge in [-0.3, -0.25) is 4.79 Å². The lowest BCUT2D eigenvalue weighted by Gasteiger charge is -2.10. The molecule has 1 aromatic carbocycles. The van der Waals surface area contributed by atoms with E-state index in [4.69, 9.17) is 9.47 Å². The fraction of sp³-hybridized carbons (Fsp3) is 0.263. The zero-order chi connectivity index (χ0) is 18.1. The number of hydrogen-bond donors (Lipinski definition) is 2. The molecule has 0 unspecified atom stereocenters. The Hall–Kier alpha value is -3.02. The van der Waals surface area contributed by atoms with Gasteiger partial charge in [0.15, 0.2) is 11.5 Å². The molecule has 0 aliphatic heterocycles. The number of ether oxygens (including phenoxy) is 2. The van der Waals surface area contributed by atoms with Crippen molar-refractivity contribution in [2.45, 2.75) is 6.42 Å². The first-order valence-corrected chi connectivity index (χ1v) is 7.98. The molecule has 6 heteroatoms. The molecule has 0 saturated carbocycles. The highest BCUT2D eigenvalue weighted by atomic mass is 16.5. The molecule has 0 radical (unpaired) electrons. The van der Waals surface area contributed by atoms with Gasteiger partial charge in [0.05, 0.1) is 19.8 Å². The highest BCUT2D eigenvalue weighted by Crippen LogP contribution is 2.27. The van der Waals surface area contributed by atoms with Crippen molar-refractivity contribution in [3.8, 4) is 11.5 Å². The van der Waals surface area contributed by atoms with Crippen LogP contribution in [0.2, 0.25) is 0 Å². The van der Waals surface area contributed by atoms with Crippen LogP contribution < -0.4 is 20.1 Å². The third kappa shape index (κ3) is 5.24. The number of carbonyl (C=O) groups excluding carboxylic acids is 1. The molecule has 6 nitrogen and oxygen atoms in total. The van der Waals surface area contributed by atoms with E-state index in [2.05, 4.69) is 22.2 Å². The van der Waals surface area contributed by atoms with Gasteiger partial charge in [-0.2, -0.15) is 0 Å². The number of aromatic nitrogens is 1. The van der Waals surface area contributed by atoms with Crippen molar-refractivity contribution < 1.29 is 14.3 Å². The fourth-order valence-corrected chi connectivity index (χ4v) is 2.27. The van der Waals surface area contributed by atoms with Crippen molar-refractivity contribution in [3.63, 3.8) is 0 Å². The smallest absolute Gasteiger partial charge is 0.253 e. The number of methoxy groups -OCH3 is 2. The van der Waals surface area contributed by atoms with Crippen LogP contribution >= 0.6 is 0 Å². The second-order valence-corrected chi connectivity index (χ2v) is 5.30. The first-order chi connectivity index (χ1) is 12.2. The van der Waals surface area contributed by atoms with Gasteiger partial charge < -0.3 is 20.1 Å². The molecule has 0 bridgehead atoms. The molecule has 0 aliphatic carbocycles. The van der Waals surface area contributed by atoms with E-state index < -0.39 is 0 Å². The van der Waals surface area contributed by atoms with Crippen molar-refractivity contribution >= 4 is 11.7 Å². The van der Waals surface area contributed by atoms with Crippen molar-refractivity contribution in [1.29, 1.82) is 0 Å². The predicted molar refractivity (Wildman–Crippen MR) is 98.5 cm³/mol. The Morgan fingerprint density at radius 2 is 2.00 bits per heavy atom. The Kier molecular flexibility index (Phi) is 6.83. The molecule has 1 aromatic heterocycles. The van der Waals surface area contributed by atoms with Crippen LogP contribution in [-0.2, 0) is 6.42 Å². The average molecular weight is 341 g/mol. The molecule has 1 amide bonds. The van der Waals surface area contributed by atoms with Crippen LogP contribution in [0.3, 0.4) is 0 Å². The van der Waals surface area contributed by atoms with E-state index in [1.54, 1.807) is 38.6 Å². The summed E-state index contributed by atoms with van der Waals surface area (Å²) in [5.41, 5.74) is 1.65. The molecule has 0 spiro atoms. The standard InChI is InChI=1S/C19H23N3O3/c1-4-10-21-19(23)15-6-8-18(22-13-15)20-11-9-14-5-7-16(24-2)17(12-14)25-3/h4-8,12-13H,1,9-11H2,2-3H3,(H,20,22)(H,21,23). The zero-order valence-electron chi connectivity index (χ0n) is 14.5. The van der Waals surface area contributed by atoms with Crippen molar-refractivity contribution in [2.75, 3.05) is 32.6 Å². The molecule has 2 rings (SSSR count). The SMILES string of the molecule is C=CCNC(=O)c1ccc(NCCc2ccc(OC)c(OC)c2)nc1. The third-order valence-corrected chi connectivity index (χ3v) is 3.60. The van der Waals surface area contributed by atoms with Crippen LogP contribution in [0.5, 0.6) is 11.5 Å². The van der Waals surface area contributed by atoms with E-state index in [1.165, 1.54) is 0 Å². The summed E-state index contributed by atoms with van der Waals surface area (Å²) in [6.07, 6.45) is 4.00. The van der Waals surface area contributed by atoms with Crippen molar-refractivity contribution in [1.82, 2.24) is 10.3 Å². The topological polar surface area (TPSA) is 72.5 Å². The Labute approximate surface area is 147 Å². The maximum Gasteiger partial charge on any atom is 0.253 e. The molecule has 0 aliphatic rings. The maximum atomic E-state index is 11.8. The third-order valence-electron chi connectivity index (χ3n) is 3.60. The molecule has 2 aromatic rings. The number of rotatable bonds is 9. The first kappa shape index (κ1) is 18.3. The minimum atomic E-state index is -0.163. The summed E-state index contributed by atoms with van der Waals surface area (Å²) in [5, 5.41) is 5.95. The van der Waals surface area contributed by atoms with Crippen LogP contribution in [0.15, 0.2) is 49.2 Å². The van der Waals surface area contributed by atoms with Gasteiger partial charge in [-0.05, 0) is 36.2 Å². The highest BCUT2D eigenvalue weighted by molar-refractivity contribution is 5.94. The number of nitrogens with zero attached hydrogens (tertiary/aromatic N) is 1. The normalized spacial score (nSPS) is 10.0. The fourth-order valence-electron chi connectivity index (χ4n) is 2.27. The van der Waals surface area contributed by atoms with Crippen LogP contribution in [0.4, 0.5) is 5.82 Å². The number of anilines is 1. The number of hydrogen-bond acceptors (Lipinski definition) is 5. The van der Waals surface area contributed by atoms with E-state index >= 15 is 0 Å². The second kappa shape index (κ2) is 9.32. The number of pyridine rings is 1. The van der Waals surface area contributed by atoms with E-state index in [0.29, 0.717) is 30.2 Å². The first-order valence-electron chi connectivity index (χ1n) is 7.98. The molecule has 2 N–H and O–H groups in total. The Morgan fingerprint density at radius 3 is 2.64 bits per heavy atom. The maximum absolute atomic E-state index is 11.8. The van der Waals surface area contributed by atoms with Gasteiger partial charge >= 0.3 is 0 Å². The second-order valence-electron chi connectivity index (χ2n) is 5.30. The van der Waals surface area contributed by atoms with E-state index in [9.17, 15) is 4.79 Å². The molecule has 0 saturated heterocycles. The molecule has 0 fully saturated rings.